The average molecular weight is 294 g/mol. The van der Waals surface area contributed by atoms with Gasteiger partial charge in [0.15, 0.2) is 11.9 Å². The third kappa shape index (κ3) is 3.52. The number of aromatic nitrogens is 6. The smallest absolute Gasteiger partial charge is 0.331 e. The summed E-state index contributed by atoms with van der Waals surface area (Å²) in [4.78, 5) is 23.1. The van der Waals surface area contributed by atoms with Crippen LogP contribution in [0.2, 0.25) is 0 Å². The van der Waals surface area contributed by atoms with Crippen molar-refractivity contribution in [1.29, 1.82) is 0 Å². The molecule has 0 saturated carbocycles. The lowest BCUT2D eigenvalue weighted by molar-refractivity contribution is -0.139. The first-order chi connectivity index (χ1) is 9.97. The highest BCUT2D eigenvalue weighted by Gasteiger charge is 2.24. The molecule has 4 N–H and O–H groups in total. The first-order valence-electron chi connectivity index (χ1n) is 5.99. The van der Waals surface area contributed by atoms with Crippen LogP contribution in [0.15, 0.2) is 12.4 Å². The van der Waals surface area contributed by atoms with E-state index >= 15 is 0 Å². The van der Waals surface area contributed by atoms with Gasteiger partial charge in [-0.1, -0.05) is 5.21 Å². The summed E-state index contributed by atoms with van der Waals surface area (Å²) in [6.45, 7) is 1.64. The van der Waals surface area contributed by atoms with Crippen LogP contribution < -0.4 is 10.6 Å². The molecular formula is C10H14N8O3. The third-order valence-electron chi connectivity index (χ3n) is 2.68. The predicted octanol–water partition coefficient (Wildman–Crippen LogP) is -0.881. The summed E-state index contributed by atoms with van der Waals surface area (Å²) in [5.41, 5.74) is 0.368. The Hall–Kier alpha value is -2.98. The lowest BCUT2D eigenvalue weighted by Crippen LogP contribution is -2.42. The molecule has 2 heterocycles. The minimum absolute atomic E-state index is 0.290. The molecule has 0 saturated heterocycles. The number of carboxylic acids is 1. The van der Waals surface area contributed by atoms with Crippen LogP contribution in [-0.4, -0.2) is 47.5 Å². The van der Waals surface area contributed by atoms with Crippen LogP contribution in [0.25, 0.3) is 0 Å². The Kier molecular flexibility index (Phi) is 4.11. The number of urea groups is 1. The second-order valence-electron chi connectivity index (χ2n) is 4.33. The molecule has 0 aliphatic carbocycles. The van der Waals surface area contributed by atoms with Gasteiger partial charge in [0.2, 0.25) is 0 Å². The summed E-state index contributed by atoms with van der Waals surface area (Å²) in [6, 6.07) is -2.38. The van der Waals surface area contributed by atoms with Crippen LogP contribution in [0.3, 0.4) is 0 Å². The van der Waals surface area contributed by atoms with Crippen molar-refractivity contribution in [2.45, 2.75) is 19.0 Å². The number of hydrogen-bond acceptors (Lipinski definition) is 6. The fourth-order valence-corrected chi connectivity index (χ4v) is 1.66. The van der Waals surface area contributed by atoms with E-state index in [1.807, 2.05) is 0 Å². The average Bonchev–Trinajstić information content (AvgIpc) is 3.06. The molecule has 2 rings (SSSR count). The van der Waals surface area contributed by atoms with Crippen molar-refractivity contribution in [1.82, 2.24) is 41.0 Å². The number of aryl methyl sites for hydroxylation is 1. The van der Waals surface area contributed by atoms with E-state index in [2.05, 4.69) is 36.4 Å². The molecule has 0 radical (unpaired) electrons. The first-order valence-corrected chi connectivity index (χ1v) is 5.99. The van der Waals surface area contributed by atoms with Crippen LogP contribution in [0.4, 0.5) is 4.79 Å². The Morgan fingerprint density at radius 2 is 2.19 bits per heavy atom. The number of aliphatic carboxylic acids is 1. The molecule has 0 spiro atoms. The van der Waals surface area contributed by atoms with Crippen molar-refractivity contribution in [3.8, 4) is 0 Å². The summed E-state index contributed by atoms with van der Waals surface area (Å²) in [5.74, 6) is -0.899. The van der Waals surface area contributed by atoms with E-state index in [9.17, 15) is 14.7 Å². The van der Waals surface area contributed by atoms with Gasteiger partial charge in [0.1, 0.15) is 0 Å². The van der Waals surface area contributed by atoms with Crippen LogP contribution in [0, 0.1) is 0 Å². The molecular weight excluding hydrogens is 280 g/mol. The Morgan fingerprint density at radius 3 is 2.71 bits per heavy atom. The van der Waals surface area contributed by atoms with Crippen molar-refractivity contribution < 1.29 is 14.7 Å². The third-order valence-corrected chi connectivity index (χ3v) is 2.68. The number of amides is 2. The number of carboxylic acid groups (broad SMARTS) is 1. The number of hydrogen-bond donors (Lipinski definition) is 4. The van der Waals surface area contributed by atoms with Crippen LogP contribution >= 0.6 is 0 Å². The highest BCUT2D eigenvalue weighted by atomic mass is 16.4. The van der Waals surface area contributed by atoms with Gasteiger partial charge in [-0.2, -0.15) is 10.3 Å². The van der Waals surface area contributed by atoms with E-state index in [1.54, 1.807) is 14.0 Å². The van der Waals surface area contributed by atoms with Gasteiger partial charge in [-0.15, -0.1) is 10.2 Å². The molecule has 0 fully saturated rings. The monoisotopic (exact) mass is 294 g/mol. The maximum absolute atomic E-state index is 11.8. The van der Waals surface area contributed by atoms with E-state index in [0.29, 0.717) is 11.4 Å². The number of aromatic amines is 1. The lowest BCUT2D eigenvalue weighted by atomic mass is 10.1. The Labute approximate surface area is 118 Å². The van der Waals surface area contributed by atoms with E-state index < -0.39 is 24.1 Å². The molecule has 112 valence electrons. The number of nitrogens with zero attached hydrogens (tertiary/aromatic N) is 5. The highest BCUT2D eigenvalue weighted by molar-refractivity contribution is 5.83. The van der Waals surface area contributed by atoms with Gasteiger partial charge in [-0.25, -0.2) is 9.59 Å². The van der Waals surface area contributed by atoms with Gasteiger partial charge >= 0.3 is 12.0 Å². The number of carbonyl (C=O) groups excluding carboxylic acids is 1. The van der Waals surface area contributed by atoms with Crippen molar-refractivity contribution in [3.05, 3.63) is 23.8 Å². The van der Waals surface area contributed by atoms with Crippen LogP contribution in [-0.2, 0) is 11.8 Å². The maximum Gasteiger partial charge on any atom is 0.331 e. The SMILES string of the molecule is CC(NC(=O)NC(C(=O)O)c1cnn(C)c1)c1nn[nH]n1. The zero-order chi connectivity index (χ0) is 15.4. The quantitative estimate of drug-likeness (QED) is 0.559. The molecule has 0 bridgehead atoms. The second kappa shape index (κ2) is 5.98. The summed E-state index contributed by atoms with van der Waals surface area (Å²) < 4.78 is 1.45. The number of H-pyrrole nitrogens is 1. The van der Waals surface area contributed by atoms with E-state index in [4.69, 9.17) is 0 Å². The molecule has 2 amide bonds. The van der Waals surface area contributed by atoms with Gasteiger partial charge in [0.05, 0.1) is 12.2 Å². The van der Waals surface area contributed by atoms with Crippen LogP contribution in [0.1, 0.15) is 30.4 Å². The molecule has 0 aliphatic rings. The van der Waals surface area contributed by atoms with Crippen molar-refractivity contribution in [2.75, 3.05) is 0 Å². The summed E-state index contributed by atoms with van der Waals surface area (Å²) in [6.07, 6.45) is 2.89. The van der Waals surface area contributed by atoms with Gasteiger partial charge < -0.3 is 15.7 Å². The first kappa shape index (κ1) is 14.4. The normalized spacial score (nSPS) is 13.4. The molecule has 2 aromatic rings. The topological polar surface area (TPSA) is 151 Å². The number of carbonyl (C=O) groups is 2. The Balaban J connectivity index is 2.00. The largest absolute Gasteiger partial charge is 0.479 e. The molecule has 2 unspecified atom stereocenters. The molecule has 2 aromatic heterocycles. The van der Waals surface area contributed by atoms with Crippen molar-refractivity contribution >= 4 is 12.0 Å². The molecule has 11 heteroatoms. The van der Waals surface area contributed by atoms with Gasteiger partial charge in [-0.05, 0) is 6.92 Å². The van der Waals surface area contributed by atoms with Crippen LogP contribution in [0.5, 0.6) is 0 Å². The van der Waals surface area contributed by atoms with Crippen molar-refractivity contribution in [2.24, 2.45) is 7.05 Å². The van der Waals surface area contributed by atoms with E-state index in [0.717, 1.165) is 0 Å². The highest BCUT2D eigenvalue weighted by Crippen LogP contribution is 2.12. The summed E-state index contributed by atoms with van der Waals surface area (Å²) in [7, 11) is 1.65. The standard InChI is InChI=1S/C10H14N8O3/c1-5(8-14-16-17-15-8)12-10(21)13-7(9(19)20)6-3-11-18(2)4-6/h3-5,7H,1-2H3,(H,19,20)(H2,12,13,21)(H,14,15,16,17). The van der Waals surface area contributed by atoms with Crippen molar-refractivity contribution in [3.63, 3.8) is 0 Å². The Bertz CT molecular complexity index is 622. The fourth-order valence-electron chi connectivity index (χ4n) is 1.66. The minimum atomic E-state index is -1.20. The number of rotatable bonds is 5. The fraction of sp³-hybridized carbons (Fsp3) is 0.400. The zero-order valence-corrected chi connectivity index (χ0v) is 11.3. The van der Waals surface area contributed by atoms with Gasteiger partial charge in [-0.3, -0.25) is 4.68 Å². The van der Waals surface area contributed by atoms with E-state index in [-0.39, 0.29) is 0 Å². The Morgan fingerprint density at radius 1 is 1.43 bits per heavy atom. The molecule has 11 nitrogen and oxygen atoms in total. The minimum Gasteiger partial charge on any atom is -0.479 e. The molecule has 0 aromatic carbocycles. The maximum atomic E-state index is 11.8. The number of tetrazole rings is 1. The molecule has 2 atom stereocenters. The lowest BCUT2D eigenvalue weighted by Gasteiger charge is -2.15. The molecule has 21 heavy (non-hydrogen) atoms. The summed E-state index contributed by atoms with van der Waals surface area (Å²) in [5, 5.41) is 31.0. The van der Waals surface area contributed by atoms with Gasteiger partial charge in [0.25, 0.3) is 0 Å². The summed E-state index contributed by atoms with van der Waals surface area (Å²) >= 11 is 0. The zero-order valence-electron chi connectivity index (χ0n) is 11.3. The number of nitrogens with one attached hydrogen (secondary N) is 3. The second-order valence-corrected chi connectivity index (χ2v) is 4.33. The van der Waals surface area contributed by atoms with Gasteiger partial charge in [0, 0.05) is 18.8 Å². The van der Waals surface area contributed by atoms with E-state index in [1.165, 1.54) is 17.1 Å². The predicted molar refractivity (Wildman–Crippen MR) is 67.8 cm³/mol. The molecule has 0 aliphatic heterocycles.